The Labute approximate surface area is 128 Å². The van der Waals surface area contributed by atoms with E-state index in [0.29, 0.717) is 0 Å². The van der Waals surface area contributed by atoms with Crippen molar-refractivity contribution >= 4 is 22.9 Å². The average molecular weight is 312 g/mol. The molecule has 0 aliphatic carbocycles. The van der Waals surface area contributed by atoms with Gasteiger partial charge in [0.25, 0.3) is 0 Å². The summed E-state index contributed by atoms with van der Waals surface area (Å²) in [5.41, 5.74) is 0.921. The van der Waals surface area contributed by atoms with Gasteiger partial charge in [0.05, 0.1) is 11.1 Å². The van der Waals surface area contributed by atoms with E-state index in [0.717, 1.165) is 24.9 Å². The molecule has 1 atom stereocenters. The standard InChI is InChI=1S/C16H19ClFNS/c1-3-9-19-16(15-8-6-12(4-2)20-15)11-5-7-13(17)14(18)10-11/h5-8,10,16,19H,3-4,9H2,1-2H3. The lowest BCUT2D eigenvalue weighted by molar-refractivity contribution is 0.591. The van der Waals surface area contributed by atoms with Gasteiger partial charge in [0.15, 0.2) is 0 Å². The first-order valence-corrected chi connectivity index (χ1v) is 8.12. The molecule has 0 aliphatic rings. The number of nitrogens with one attached hydrogen (secondary N) is 1. The van der Waals surface area contributed by atoms with Crippen molar-refractivity contribution in [2.24, 2.45) is 0 Å². The van der Waals surface area contributed by atoms with Crippen LogP contribution in [0, 0.1) is 5.82 Å². The Kier molecular flexibility index (Phi) is 5.58. The van der Waals surface area contributed by atoms with Crippen LogP contribution in [0.15, 0.2) is 30.3 Å². The fourth-order valence-corrected chi connectivity index (χ4v) is 3.28. The Balaban J connectivity index is 2.32. The van der Waals surface area contributed by atoms with Gasteiger partial charge < -0.3 is 5.32 Å². The van der Waals surface area contributed by atoms with Crippen molar-refractivity contribution in [2.75, 3.05) is 6.54 Å². The van der Waals surface area contributed by atoms with E-state index < -0.39 is 0 Å². The van der Waals surface area contributed by atoms with Gasteiger partial charge in [-0.1, -0.05) is 31.5 Å². The normalized spacial score (nSPS) is 12.6. The molecule has 0 fully saturated rings. The maximum Gasteiger partial charge on any atom is 0.142 e. The van der Waals surface area contributed by atoms with Gasteiger partial charge in [-0.2, -0.15) is 0 Å². The van der Waals surface area contributed by atoms with Crippen molar-refractivity contribution in [3.63, 3.8) is 0 Å². The van der Waals surface area contributed by atoms with E-state index in [2.05, 4.69) is 31.3 Å². The van der Waals surface area contributed by atoms with Crippen LogP contribution in [-0.2, 0) is 6.42 Å². The van der Waals surface area contributed by atoms with Crippen molar-refractivity contribution in [1.82, 2.24) is 5.32 Å². The van der Waals surface area contributed by atoms with Crippen LogP contribution >= 0.6 is 22.9 Å². The van der Waals surface area contributed by atoms with E-state index >= 15 is 0 Å². The predicted molar refractivity (Wildman–Crippen MR) is 85.2 cm³/mol. The van der Waals surface area contributed by atoms with E-state index in [9.17, 15) is 4.39 Å². The number of halogens is 2. The molecule has 0 saturated heterocycles. The zero-order chi connectivity index (χ0) is 14.5. The van der Waals surface area contributed by atoms with Crippen molar-refractivity contribution in [3.8, 4) is 0 Å². The van der Waals surface area contributed by atoms with Crippen LogP contribution in [0.2, 0.25) is 5.02 Å². The van der Waals surface area contributed by atoms with Gasteiger partial charge in [0.1, 0.15) is 5.82 Å². The number of aryl methyl sites for hydroxylation is 1. The summed E-state index contributed by atoms with van der Waals surface area (Å²) in [7, 11) is 0. The second-order valence-electron chi connectivity index (χ2n) is 4.72. The third kappa shape index (κ3) is 3.60. The quantitative estimate of drug-likeness (QED) is 0.774. The average Bonchev–Trinajstić information content (AvgIpc) is 2.92. The van der Waals surface area contributed by atoms with Gasteiger partial charge in [-0.25, -0.2) is 4.39 Å². The minimum absolute atomic E-state index is 0.0343. The second-order valence-corrected chi connectivity index (χ2v) is 6.33. The molecule has 2 aromatic rings. The molecule has 0 radical (unpaired) electrons. The second kappa shape index (κ2) is 7.21. The van der Waals surface area contributed by atoms with Gasteiger partial charge in [-0.05, 0) is 49.2 Å². The fourth-order valence-electron chi connectivity index (χ4n) is 2.10. The summed E-state index contributed by atoms with van der Waals surface area (Å²) in [5.74, 6) is -0.361. The topological polar surface area (TPSA) is 12.0 Å². The molecule has 2 rings (SSSR count). The van der Waals surface area contributed by atoms with Crippen LogP contribution in [0.3, 0.4) is 0 Å². The molecular weight excluding hydrogens is 293 g/mol. The molecule has 1 aromatic carbocycles. The van der Waals surface area contributed by atoms with Crippen molar-refractivity contribution in [3.05, 3.63) is 56.5 Å². The largest absolute Gasteiger partial charge is 0.306 e. The Morgan fingerprint density at radius 2 is 2.05 bits per heavy atom. The third-order valence-corrected chi connectivity index (χ3v) is 4.79. The number of hydrogen-bond acceptors (Lipinski definition) is 2. The highest BCUT2D eigenvalue weighted by atomic mass is 35.5. The highest BCUT2D eigenvalue weighted by Gasteiger charge is 2.16. The number of hydrogen-bond donors (Lipinski definition) is 1. The summed E-state index contributed by atoms with van der Waals surface area (Å²) >= 11 is 7.55. The zero-order valence-corrected chi connectivity index (χ0v) is 13.3. The van der Waals surface area contributed by atoms with Gasteiger partial charge in [-0.15, -0.1) is 11.3 Å². The number of benzene rings is 1. The van der Waals surface area contributed by atoms with Gasteiger partial charge in [-0.3, -0.25) is 0 Å². The maximum atomic E-state index is 13.7. The molecule has 1 N–H and O–H groups in total. The number of rotatable bonds is 6. The Bertz CT molecular complexity index is 567. The van der Waals surface area contributed by atoms with Crippen LogP contribution < -0.4 is 5.32 Å². The van der Waals surface area contributed by atoms with Gasteiger partial charge in [0.2, 0.25) is 0 Å². The molecule has 0 saturated carbocycles. The molecule has 108 valence electrons. The van der Waals surface area contributed by atoms with Crippen molar-refractivity contribution in [1.29, 1.82) is 0 Å². The molecule has 0 spiro atoms. The fraction of sp³-hybridized carbons (Fsp3) is 0.375. The maximum absolute atomic E-state index is 13.7. The summed E-state index contributed by atoms with van der Waals surface area (Å²) in [6.45, 7) is 5.17. The van der Waals surface area contributed by atoms with Crippen LogP contribution in [0.25, 0.3) is 0 Å². The smallest absolute Gasteiger partial charge is 0.142 e. The Morgan fingerprint density at radius 1 is 1.25 bits per heavy atom. The lowest BCUT2D eigenvalue weighted by Gasteiger charge is -2.18. The summed E-state index contributed by atoms with van der Waals surface area (Å²) in [6.07, 6.45) is 2.07. The van der Waals surface area contributed by atoms with E-state index in [1.54, 1.807) is 17.4 Å². The predicted octanol–water partition coefficient (Wildman–Crippen LogP) is 5.19. The molecule has 0 amide bonds. The highest BCUT2D eigenvalue weighted by Crippen LogP contribution is 2.30. The molecule has 0 bridgehead atoms. The lowest BCUT2D eigenvalue weighted by atomic mass is 10.0. The molecule has 4 heteroatoms. The van der Waals surface area contributed by atoms with Crippen LogP contribution in [0.1, 0.15) is 41.6 Å². The molecule has 0 aliphatic heterocycles. The first-order chi connectivity index (χ1) is 9.65. The summed E-state index contributed by atoms with van der Waals surface area (Å²) in [6, 6.07) is 9.36. The molecule has 1 heterocycles. The van der Waals surface area contributed by atoms with E-state index in [1.165, 1.54) is 15.8 Å². The molecular formula is C16H19ClFNS. The monoisotopic (exact) mass is 311 g/mol. The van der Waals surface area contributed by atoms with Crippen molar-refractivity contribution in [2.45, 2.75) is 32.7 Å². The van der Waals surface area contributed by atoms with E-state index in [4.69, 9.17) is 11.6 Å². The van der Waals surface area contributed by atoms with Crippen LogP contribution in [0.5, 0.6) is 0 Å². The first-order valence-electron chi connectivity index (χ1n) is 6.92. The lowest BCUT2D eigenvalue weighted by Crippen LogP contribution is -2.22. The van der Waals surface area contributed by atoms with Crippen LogP contribution in [0.4, 0.5) is 4.39 Å². The van der Waals surface area contributed by atoms with Gasteiger partial charge >= 0.3 is 0 Å². The highest BCUT2D eigenvalue weighted by molar-refractivity contribution is 7.12. The van der Waals surface area contributed by atoms with E-state index in [-0.39, 0.29) is 16.9 Å². The molecule has 1 unspecified atom stereocenters. The molecule has 1 nitrogen and oxygen atoms in total. The van der Waals surface area contributed by atoms with Crippen LogP contribution in [-0.4, -0.2) is 6.54 Å². The summed E-state index contributed by atoms with van der Waals surface area (Å²) in [4.78, 5) is 2.56. The summed E-state index contributed by atoms with van der Waals surface area (Å²) in [5, 5.41) is 3.66. The minimum atomic E-state index is -0.361. The van der Waals surface area contributed by atoms with Crippen molar-refractivity contribution < 1.29 is 4.39 Å². The third-order valence-electron chi connectivity index (χ3n) is 3.19. The van der Waals surface area contributed by atoms with Gasteiger partial charge in [0, 0.05) is 9.75 Å². The molecule has 1 aromatic heterocycles. The minimum Gasteiger partial charge on any atom is -0.306 e. The Morgan fingerprint density at radius 3 is 2.65 bits per heavy atom. The Hall–Kier alpha value is -0.900. The SMILES string of the molecule is CCCNC(c1ccc(Cl)c(F)c1)c1ccc(CC)s1. The number of thiophene rings is 1. The van der Waals surface area contributed by atoms with E-state index in [1.807, 2.05) is 6.07 Å². The summed E-state index contributed by atoms with van der Waals surface area (Å²) < 4.78 is 13.7. The molecule has 20 heavy (non-hydrogen) atoms. The first kappa shape index (κ1) is 15.5. The zero-order valence-electron chi connectivity index (χ0n) is 11.7.